The van der Waals surface area contributed by atoms with E-state index in [-0.39, 0.29) is 22.6 Å². The fourth-order valence-electron chi connectivity index (χ4n) is 2.49. The molecule has 0 fully saturated rings. The van der Waals surface area contributed by atoms with Gasteiger partial charge in [0.1, 0.15) is 5.69 Å². The summed E-state index contributed by atoms with van der Waals surface area (Å²) in [6.07, 6.45) is 1.46. The van der Waals surface area contributed by atoms with Gasteiger partial charge in [0.05, 0.1) is 16.6 Å². The van der Waals surface area contributed by atoms with Crippen molar-refractivity contribution in [2.45, 2.75) is 26.8 Å². The van der Waals surface area contributed by atoms with Crippen LogP contribution in [-0.4, -0.2) is 57.9 Å². The number of carboxylic acid groups (broad SMARTS) is 1. The maximum Gasteiger partial charge on any atom is 0.338 e. The number of fused-ring (bicyclic) bond motifs is 1. The number of aryl methyl sites for hydroxylation is 1. The van der Waals surface area contributed by atoms with Crippen molar-refractivity contribution in [2.75, 3.05) is 14.1 Å². The number of benzene rings is 1. The number of pyridine rings is 1. The second-order valence-corrected chi connectivity index (χ2v) is 9.51. The number of aromatic nitrogens is 3. The van der Waals surface area contributed by atoms with Gasteiger partial charge < -0.3 is 10.8 Å². The molecule has 0 atom stereocenters. The molecule has 0 saturated carbocycles. The van der Waals surface area contributed by atoms with Crippen LogP contribution in [0.2, 0.25) is 5.02 Å². The zero-order chi connectivity index (χ0) is 22.8. The first-order valence-corrected chi connectivity index (χ1v) is 10.7. The Labute approximate surface area is 180 Å². The lowest BCUT2D eigenvalue weighted by Crippen LogP contribution is -2.29. The second kappa shape index (κ2) is 9.09. The van der Waals surface area contributed by atoms with Crippen molar-refractivity contribution in [3.05, 3.63) is 46.6 Å². The Hall–Kier alpha value is -2.53. The van der Waals surface area contributed by atoms with Crippen LogP contribution in [0.15, 0.2) is 30.5 Å². The van der Waals surface area contributed by atoms with Gasteiger partial charge in [0, 0.05) is 25.3 Å². The first kappa shape index (κ1) is 23.7. The van der Waals surface area contributed by atoms with Crippen LogP contribution in [0.5, 0.6) is 0 Å². The molecule has 2 heterocycles. The van der Waals surface area contributed by atoms with Gasteiger partial charge in [0.2, 0.25) is 0 Å². The number of aromatic carboxylic acids is 1. The van der Waals surface area contributed by atoms with E-state index in [1.165, 1.54) is 44.6 Å². The molecular formula is C19H24ClN5O4S. The van der Waals surface area contributed by atoms with Crippen molar-refractivity contribution in [1.82, 2.24) is 18.2 Å². The Morgan fingerprint density at radius 3 is 2.40 bits per heavy atom. The topological polar surface area (TPSA) is 131 Å². The predicted octanol–water partition coefficient (Wildman–Crippen LogP) is 2.77. The first-order chi connectivity index (χ1) is 13.9. The highest BCUT2D eigenvalue weighted by atomic mass is 35.5. The van der Waals surface area contributed by atoms with Gasteiger partial charge in [0.15, 0.2) is 5.82 Å². The third-order valence-electron chi connectivity index (χ3n) is 3.73. The van der Waals surface area contributed by atoms with E-state index in [1.807, 2.05) is 13.8 Å². The van der Waals surface area contributed by atoms with Gasteiger partial charge in [-0.2, -0.15) is 12.7 Å². The Balaban J connectivity index is 0.000000735. The zero-order valence-corrected chi connectivity index (χ0v) is 18.9. The number of nitrogens with zero attached hydrogens (tertiary/aromatic N) is 4. The van der Waals surface area contributed by atoms with Gasteiger partial charge in [-0.3, -0.25) is 4.98 Å². The van der Waals surface area contributed by atoms with E-state index in [2.05, 4.69) is 9.97 Å². The van der Waals surface area contributed by atoms with Crippen molar-refractivity contribution in [3.63, 3.8) is 0 Å². The molecule has 0 spiro atoms. The number of carboxylic acids is 1. The Morgan fingerprint density at radius 1 is 1.27 bits per heavy atom. The van der Waals surface area contributed by atoms with Crippen molar-refractivity contribution in [2.24, 2.45) is 5.73 Å². The highest BCUT2D eigenvalue weighted by Crippen LogP contribution is 2.30. The molecule has 9 nitrogen and oxygen atoms in total. The molecule has 0 radical (unpaired) electrons. The zero-order valence-electron chi connectivity index (χ0n) is 17.3. The lowest BCUT2D eigenvalue weighted by molar-refractivity contribution is 0.0697. The summed E-state index contributed by atoms with van der Waals surface area (Å²) in [5.41, 5.74) is 6.16. The largest absolute Gasteiger partial charge is 0.478 e. The molecule has 30 heavy (non-hydrogen) atoms. The summed E-state index contributed by atoms with van der Waals surface area (Å²) >= 11 is 5.99. The van der Waals surface area contributed by atoms with Crippen molar-refractivity contribution >= 4 is 38.8 Å². The fourth-order valence-corrected chi connectivity index (χ4v) is 3.73. The summed E-state index contributed by atoms with van der Waals surface area (Å²) < 4.78 is 27.7. The molecule has 0 bridgehead atoms. The van der Waals surface area contributed by atoms with E-state index in [0.717, 1.165) is 8.28 Å². The normalized spacial score (nSPS) is 11.6. The van der Waals surface area contributed by atoms with Gasteiger partial charge >= 0.3 is 16.2 Å². The van der Waals surface area contributed by atoms with Gasteiger partial charge in [-0.25, -0.2) is 13.8 Å². The Kier molecular flexibility index (Phi) is 7.19. The highest BCUT2D eigenvalue weighted by Gasteiger charge is 2.28. The quantitative estimate of drug-likeness (QED) is 0.620. The smallest absolute Gasteiger partial charge is 0.338 e. The van der Waals surface area contributed by atoms with E-state index < -0.39 is 16.2 Å². The number of hydrogen-bond acceptors (Lipinski definition) is 6. The predicted molar refractivity (Wildman–Crippen MR) is 117 cm³/mol. The summed E-state index contributed by atoms with van der Waals surface area (Å²) in [4.78, 5) is 20.1. The van der Waals surface area contributed by atoms with Gasteiger partial charge in [0.25, 0.3) is 0 Å². The van der Waals surface area contributed by atoms with Crippen LogP contribution in [0.3, 0.4) is 0 Å². The fraction of sp³-hybridized carbons (Fsp3) is 0.316. The number of hydrogen-bond donors (Lipinski definition) is 2. The van der Waals surface area contributed by atoms with E-state index in [9.17, 15) is 18.3 Å². The van der Waals surface area contributed by atoms with E-state index in [4.69, 9.17) is 17.3 Å². The number of imidazole rings is 1. The molecule has 0 saturated heterocycles. The average Bonchev–Trinajstić information content (AvgIpc) is 2.99. The van der Waals surface area contributed by atoms with Crippen LogP contribution in [-0.2, 0) is 10.2 Å². The summed E-state index contributed by atoms with van der Waals surface area (Å²) in [5, 5.41) is 9.90. The van der Waals surface area contributed by atoms with E-state index >= 15 is 0 Å². The molecule has 1 aromatic carbocycles. The summed E-state index contributed by atoms with van der Waals surface area (Å²) in [6.45, 7) is 5.59. The molecule has 2 aromatic heterocycles. The molecule has 0 aliphatic heterocycles. The average molecular weight is 454 g/mol. The second-order valence-electron chi connectivity index (χ2n) is 7.08. The Morgan fingerprint density at radius 2 is 1.87 bits per heavy atom. The lowest BCUT2D eigenvalue weighted by Gasteiger charge is -2.16. The monoisotopic (exact) mass is 453 g/mol. The SMILES string of the molecule is CC(C)N.Cc1cnc(-c2nc3cc(Cl)ccc3n2S(=O)(=O)N(C)C)c(C(=O)O)c1. The summed E-state index contributed by atoms with van der Waals surface area (Å²) in [6, 6.07) is 6.32. The van der Waals surface area contributed by atoms with Gasteiger partial charge in [-0.15, -0.1) is 0 Å². The first-order valence-electron chi connectivity index (χ1n) is 8.93. The van der Waals surface area contributed by atoms with Crippen LogP contribution in [0, 0.1) is 6.92 Å². The Bertz CT molecular complexity index is 1190. The molecule has 0 amide bonds. The minimum absolute atomic E-state index is 0.0409. The van der Waals surface area contributed by atoms with E-state index in [1.54, 1.807) is 6.92 Å². The molecule has 3 N–H and O–H groups in total. The number of carbonyl (C=O) groups is 1. The van der Waals surface area contributed by atoms with Gasteiger partial charge in [-0.1, -0.05) is 25.4 Å². The van der Waals surface area contributed by atoms with Crippen molar-refractivity contribution in [3.8, 4) is 11.5 Å². The molecule has 3 rings (SSSR count). The molecule has 0 aliphatic carbocycles. The van der Waals surface area contributed by atoms with Gasteiger partial charge in [-0.05, 0) is 42.8 Å². The molecule has 0 aliphatic rings. The standard InChI is InChI=1S/C16H15ClN4O4S.C3H9N/c1-9-6-11(16(22)23)14(18-8-9)15-19-12-7-10(17)4-5-13(12)21(15)26(24,25)20(2)3;1-3(2)4/h4-8H,1-3H3,(H,22,23);3H,4H2,1-2H3. The molecule has 162 valence electrons. The van der Waals surface area contributed by atoms with E-state index in [0.29, 0.717) is 22.1 Å². The molecule has 0 unspecified atom stereocenters. The van der Waals surface area contributed by atoms with Crippen molar-refractivity contribution in [1.29, 1.82) is 0 Å². The van der Waals surface area contributed by atoms with Crippen LogP contribution < -0.4 is 5.73 Å². The molecular weight excluding hydrogens is 430 g/mol. The maximum atomic E-state index is 12.9. The number of rotatable bonds is 4. The molecule has 3 aromatic rings. The minimum atomic E-state index is -3.99. The van der Waals surface area contributed by atoms with Crippen LogP contribution in [0.25, 0.3) is 22.6 Å². The van der Waals surface area contributed by atoms with Crippen LogP contribution in [0.4, 0.5) is 0 Å². The molecule has 11 heteroatoms. The number of halogens is 1. The number of nitrogens with two attached hydrogens (primary N) is 1. The highest BCUT2D eigenvalue weighted by molar-refractivity contribution is 7.87. The minimum Gasteiger partial charge on any atom is -0.478 e. The van der Waals surface area contributed by atoms with Crippen molar-refractivity contribution < 1.29 is 18.3 Å². The summed E-state index contributed by atoms with van der Waals surface area (Å²) in [5.74, 6) is -1.32. The third-order valence-corrected chi connectivity index (χ3v) is 5.72. The van der Waals surface area contributed by atoms with Crippen LogP contribution >= 0.6 is 11.6 Å². The van der Waals surface area contributed by atoms with Crippen LogP contribution in [0.1, 0.15) is 29.8 Å². The lowest BCUT2D eigenvalue weighted by atomic mass is 10.1. The third kappa shape index (κ3) is 4.96. The summed E-state index contributed by atoms with van der Waals surface area (Å²) in [7, 11) is -1.24. The maximum absolute atomic E-state index is 12.9.